The van der Waals surface area contributed by atoms with Crippen molar-refractivity contribution in [3.63, 3.8) is 0 Å². The third kappa shape index (κ3) is 5.90. The fraction of sp³-hybridized carbons (Fsp3) is 0.632. The number of carbonyl (C=O) groups excluding carboxylic acids is 1. The molecule has 0 spiro atoms. The quantitative estimate of drug-likeness (QED) is 0.587. The van der Waals surface area contributed by atoms with Gasteiger partial charge in [0.15, 0.2) is 11.5 Å². The van der Waals surface area contributed by atoms with Crippen molar-refractivity contribution in [1.82, 2.24) is 4.90 Å². The van der Waals surface area contributed by atoms with E-state index in [1.807, 2.05) is 50.8 Å². The van der Waals surface area contributed by atoms with Crippen LogP contribution >= 0.6 is 12.4 Å². The van der Waals surface area contributed by atoms with Crippen LogP contribution in [0.5, 0.6) is 11.5 Å². The number of rotatable bonds is 9. The molecule has 1 rings (SSSR count). The molecule has 0 aromatic heterocycles. The SMILES string of the molecule is CCCCCOc1c(OC)cccc1C(=O)N(C(C)C)C(C)C.Cl. The van der Waals surface area contributed by atoms with Crippen LogP contribution in [-0.4, -0.2) is 36.6 Å². The summed E-state index contributed by atoms with van der Waals surface area (Å²) in [7, 11) is 1.60. The number of carbonyl (C=O) groups is 1. The molecule has 0 aliphatic heterocycles. The van der Waals surface area contributed by atoms with E-state index in [0.29, 0.717) is 23.7 Å². The first-order chi connectivity index (χ1) is 10.9. The van der Waals surface area contributed by atoms with Gasteiger partial charge in [-0.05, 0) is 46.2 Å². The monoisotopic (exact) mass is 357 g/mol. The predicted molar refractivity (Wildman–Crippen MR) is 102 cm³/mol. The number of benzene rings is 1. The molecule has 1 aromatic carbocycles. The number of para-hydroxylation sites is 1. The Kier molecular flexibility index (Phi) is 10.5. The van der Waals surface area contributed by atoms with Crippen LogP contribution in [-0.2, 0) is 0 Å². The Bertz CT molecular complexity index is 495. The second-order valence-electron chi connectivity index (χ2n) is 6.29. The van der Waals surface area contributed by atoms with Crippen LogP contribution in [0.15, 0.2) is 18.2 Å². The number of ether oxygens (including phenoxy) is 2. The molecule has 0 bridgehead atoms. The lowest BCUT2D eigenvalue weighted by molar-refractivity contribution is 0.0638. The maximum absolute atomic E-state index is 13.0. The first-order valence-corrected chi connectivity index (χ1v) is 8.56. The maximum atomic E-state index is 13.0. The van der Waals surface area contributed by atoms with E-state index in [2.05, 4.69) is 6.92 Å². The van der Waals surface area contributed by atoms with Crippen LogP contribution < -0.4 is 9.47 Å². The third-order valence-electron chi connectivity index (χ3n) is 3.77. The fourth-order valence-electron chi connectivity index (χ4n) is 2.72. The van der Waals surface area contributed by atoms with Crippen LogP contribution in [0.25, 0.3) is 0 Å². The summed E-state index contributed by atoms with van der Waals surface area (Å²) in [5.41, 5.74) is 0.572. The van der Waals surface area contributed by atoms with Crippen molar-refractivity contribution in [3.05, 3.63) is 23.8 Å². The standard InChI is InChI=1S/C19H31NO3.ClH/c1-7-8-9-13-23-18-16(11-10-12-17(18)22-6)19(21)20(14(2)3)15(4)5;/h10-12,14-15H,7-9,13H2,1-6H3;1H. The number of hydrogen-bond donors (Lipinski definition) is 0. The summed E-state index contributed by atoms with van der Waals surface area (Å²) in [5, 5.41) is 0. The van der Waals surface area contributed by atoms with Gasteiger partial charge >= 0.3 is 0 Å². The van der Waals surface area contributed by atoms with Crippen molar-refractivity contribution in [2.24, 2.45) is 0 Å². The molecule has 4 nitrogen and oxygen atoms in total. The molecule has 1 aromatic rings. The molecule has 0 N–H and O–H groups in total. The molecule has 0 atom stereocenters. The Hall–Kier alpha value is -1.42. The Morgan fingerprint density at radius 3 is 2.25 bits per heavy atom. The fourth-order valence-corrected chi connectivity index (χ4v) is 2.72. The average molecular weight is 358 g/mol. The minimum absolute atomic E-state index is 0. The Morgan fingerprint density at radius 2 is 1.75 bits per heavy atom. The molecule has 24 heavy (non-hydrogen) atoms. The number of halogens is 1. The number of methoxy groups -OCH3 is 1. The van der Waals surface area contributed by atoms with E-state index in [1.165, 1.54) is 0 Å². The molecule has 5 heteroatoms. The van der Waals surface area contributed by atoms with Gasteiger partial charge in [0, 0.05) is 12.1 Å². The summed E-state index contributed by atoms with van der Waals surface area (Å²) < 4.78 is 11.3. The van der Waals surface area contributed by atoms with Gasteiger partial charge in [0.1, 0.15) is 0 Å². The average Bonchev–Trinajstić information content (AvgIpc) is 2.50. The summed E-state index contributed by atoms with van der Waals surface area (Å²) in [4.78, 5) is 14.9. The molecular formula is C19H32ClNO3. The summed E-state index contributed by atoms with van der Waals surface area (Å²) >= 11 is 0. The second kappa shape index (κ2) is 11.2. The summed E-state index contributed by atoms with van der Waals surface area (Å²) in [6, 6.07) is 5.74. The lowest BCUT2D eigenvalue weighted by atomic mass is 10.1. The summed E-state index contributed by atoms with van der Waals surface area (Å²) in [6.45, 7) is 10.9. The summed E-state index contributed by atoms with van der Waals surface area (Å²) in [6.07, 6.45) is 3.22. The Labute approximate surface area is 152 Å². The van der Waals surface area contributed by atoms with Gasteiger partial charge in [0.25, 0.3) is 5.91 Å². The molecule has 0 aliphatic rings. The van der Waals surface area contributed by atoms with Crippen molar-refractivity contribution in [2.45, 2.75) is 66.0 Å². The first kappa shape index (κ1) is 22.6. The van der Waals surface area contributed by atoms with Crippen LogP contribution in [0.4, 0.5) is 0 Å². The van der Waals surface area contributed by atoms with Gasteiger partial charge in [-0.15, -0.1) is 12.4 Å². The zero-order valence-electron chi connectivity index (χ0n) is 15.8. The molecule has 0 saturated heterocycles. The van der Waals surface area contributed by atoms with Crippen LogP contribution in [0.3, 0.4) is 0 Å². The molecule has 0 fully saturated rings. The van der Waals surface area contributed by atoms with Gasteiger partial charge in [0.05, 0.1) is 19.3 Å². The highest BCUT2D eigenvalue weighted by Crippen LogP contribution is 2.33. The molecule has 0 heterocycles. The van der Waals surface area contributed by atoms with Crippen LogP contribution in [0.2, 0.25) is 0 Å². The number of unbranched alkanes of at least 4 members (excludes halogenated alkanes) is 2. The highest BCUT2D eigenvalue weighted by atomic mass is 35.5. The molecule has 0 aliphatic carbocycles. The number of nitrogens with zero attached hydrogens (tertiary/aromatic N) is 1. The zero-order valence-corrected chi connectivity index (χ0v) is 16.6. The highest BCUT2D eigenvalue weighted by molar-refractivity contribution is 5.98. The molecule has 0 radical (unpaired) electrons. The molecule has 138 valence electrons. The van der Waals surface area contributed by atoms with Crippen molar-refractivity contribution >= 4 is 18.3 Å². The lowest BCUT2D eigenvalue weighted by Crippen LogP contribution is -2.42. The van der Waals surface area contributed by atoms with Gasteiger partial charge < -0.3 is 14.4 Å². The van der Waals surface area contributed by atoms with E-state index in [1.54, 1.807) is 7.11 Å². The first-order valence-electron chi connectivity index (χ1n) is 8.56. The van der Waals surface area contributed by atoms with E-state index in [0.717, 1.165) is 19.3 Å². The highest BCUT2D eigenvalue weighted by Gasteiger charge is 2.26. The van der Waals surface area contributed by atoms with E-state index < -0.39 is 0 Å². The minimum atomic E-state index is -0.0145. The van der Waals surface area contributed by atoms with E-state index in [-0.39, 0.29) is 30.4 Å². The van der Waals surface area contributed by atoms with Crippen molar-refractivity contribution in [1.29, 1.82) is 0 Å². The molecule has 0 saturated carbocycles. The molecular weight excluding hydrogens is 326 g/mol. The van der Waals surface area contributed by atoms with E-state index in [9.17, 15) is 4.79 Å². The topological polar surface area (TPSA) is 38.8 Å². The maximum Gasteiger partial charge on any atom is 0.258 e. The third-order valence-corrected chi connectivity index (χ3v) is 3.77. The summed E-state index contributed by atoms with van der Waals surface area (Å²) in [5.74, 6) is 1.15. The van der Waals surface area contributed by atoms with Gasteiger partial charge in [-0.3, -0.25) is 4.79 Å². The van der Waals surface area contributed by atoms with Crippen molar-refractivity contribution in [3.8, 4) is 11.5 Å². The smallest absolute Gasteiger partial charge is 0.258 e. The van der Waals surface area contributed by atoms with Gasteiger partial charge in [0.2, 0.25) is 0 Å². The van der Waals surface area contributed by atoms with E-state index in [4.69, 9.17) is 9.47 Å². The molecule has 0 unspecified atom stereocenters. The van der Waals surface area contributed by atoms with Gasteiger partial charge in [-0.25, -0.2) is 0 Å². The predicted octanol–water partition coefficient (Wildman–Crippen LogP) is 4.95. The van der Waals surface area contributed by atoms with E-state index >= 15 is 0 Å². The van der Waals surface area contributed by atoms with Crippen LogP contribution in [0, 0.1) is 0 Å². The normalized spacial score (nSPS) is 10.5. The van der Waals surface area contributed by atoms with Gasteiger partial charge in [-0.2, -0.15) is 0 Å². The van der Waals surface area contributed by atoms with Crippen molar-refractivity contribution in [2.75, 3.05) is 13.7 Å². The zero-order chi connectivity index (χ0) is 17.4. The number of amides is 1. The Balaban J connectivity index is 0.00000529. The largest absolute Gasteiger partial charge is 0.493 e. The lowest BCUT2D eigenvalue weighted by Gasteiger charge is -2.31. The minimum Gasteiger partial charge on any atom is -0.493 e. The second-order valence-corrected chi connectivity index (χ2v) is 6.29. The number of hydrogen-bond acceptors (Lipinski definition) is 3. The molecule has 1 amide bonds. The van der Waals surface area contributed by atoms with Gasteiger partial charge in [-0.1, -0.05) is 25.8 Å². The Morgan fingerprint density at radius 1 is 1.12 bits per heavy atom. The van der Waals surface area contributed by atoms with Crippen molar-refractivity contribution < 1.29 is 14.3 Å². The van der Waals surface area contributed by atoms with Crippen LogP contribution in [0.1, 0.15) is 64.2 Å².